The van der Waals surface area contributed by atoms with Gasteiger partial charge in [-0.15, -0.1) is 0 Å². The number of carbonyl (C=O) groups excluding carboxylic acids is 1. The molecule has 0 aromatic heterocycles. The first-order valence-corrected chi connectivity index (χ1v) is 6.36. The smallest absolute Gasteiger partial charge is 0.336 e. The molecule has 2 rings (SSSR count). The van der Waals surface area contributed by atoms with Gasteiger partial charge in [0.15, 0.2) is 0 Å². The maximum Gasteiger partial charge on any atom is 0.336 e. The van der Waals surface area contributed by atoms with Crippen LogP contribution < -0.4 is 9.47 Å². The van der Waals surface area contributed by atoms with Gasteiger partial charge in [0.2, 0.25) is 0 Å². The molecule has 0 unspecified atom stereocenters. The molecule has 0 N–H and O–H groups in total. The van der Waals surface area contributed by atoms with Crippen LogP contribution in [0.2, 0.25) is 5.02 Å². The fourth-order valence-electron chi connectivity index (χ4n) is 1.63. The summed E-state index contributed by atoms with van der Waals surface area (Å²) in [5.41, 5.74) is 0.797. The third-order valence-corrected chi connectivity index (χ3v) is 2.90. The molecule has 20 heavy (non-hydrogen) atoms. The first-order chi connectivity index (χ1) is 9.70. The van der Waals surface area contributed by atoms with Crippen LogP contribution in [-0.2, 0) is 4.79 Å². The molecule has 2 aromatic rings. The minimum absolute atomic E-state index is 0.337. The zero-order chi connectivity index (χ0) is 14.4. The van der Waals surface area contributed by atoms with Gasteiger partial charge in [0.05, 0.1) is 12.1 Å². The normalized spacial score (nSPS) is 10.5. The molecular weight excluding hydrogens is 276 g/mol. The Balaban J connectivity index is 2.08. The van der Waals surface area contributed by atoms with E-state index in [4.69, 9.17) is 21.1 Å². The number of benzene rings is 2. The lowest BCUT2D eigenvalue weighted by molar-refractivity contribution is -0.128. The molecule has 3 nitrogen and oxygen atoms in total. The van der Waals surface area contributed by atoms with Crippen molar-refractivity contribution >= 4 is 23.6 Å². The zero-order valence-corrected chi connectivity index (χ0v) is 11.6. The van der Waals surface area contributed by atoms with Crippen LogP contribution in [0.1, 0.15) is 5.56 Å². The zero-order valence-electron chi connectivity index (χ0n) is 10.9. The van der Waals surface area contributed by atoms with Crippen LogP contribution >= 0.6 is 11.6 Å². The molecule has 0 amide bonds. The van der Waals surface area contributed by atoms with Gasteiger partial charge in [0.25, 0.3) is 0 Å². The first-order valence-electron chi connectivity index (χ1n) is 5.98. The number of rotatable bonds is 4. The van der Waals surface area contributed by atoms with Gasteiger partial charge < -0.3 is 9.47 Å². The number of para-hydroxylation sites is 2. The molecule has 0 aliphatic rings. The molecule has 0 fully saturated rings. The van der Waals surface area contributed by atoms with Crippen molar-refractivity contribution in [1.29, 1.82) is 0 Å². The van der Waals surface area contributed by atoms with Crippen molar-refractivity contribution in [3.05, 3.63) is 65.2 Å². The van der Waals surface area contributed by atoms with Crippen molar-refractivity contribution in [2.45, 2.75) is 0 Å². The monoisotopic (exact) mass is 288 g/mol. The Kier molecular flexibility index (Phi) is 4.80. The van der Waals surface area contributed by atoms with Gasteiger partial charge >= 0.3 is 5.97 Å². The first kappa shape index (κ1) is 14.2. The van der Waals surface area contributed by atoms with E-state index in [1.165, 1.54) is 6.08 Å². The quantitative estimate of drug-likeness (QED) is 0.485. The molecule has 0 aliphatic carbocycles. The predicted octanol–water partition coefficient (Wildman–Crippen LogP) is 3.97. The lowest BCUT2D eigenvalue weighted by Gasteiger charge is -2.04. The summed E-state index contributed by atoms with van der Waals surface area (Å²) in [6.07, 6.45) is 2.97. The standard InChI is InChI=1S/C16H13ClO3/c1-19-14-8-4-2-6-12(14)10-11-16(18)20-15-9-5-3-7-13(15)17/h2-11H,1H3/b11-10+. The van der Waals surface area contributed by atoms with Crippen LogP contribution in [0.15, 0.2) is 54.6 Å². The van der Waals surface area contributed by atoms with E-state index in [0.717, 1.165) is 5.56 Å². The molecule has 0 heterocycles. The summed E-state index contributed by atoms with van der Waals surface area (Å²) in [6.45, 7) is 0. The summed E-state index contributed by atoms with van der Waals surface area (Å²) < 4.78 is 10.3. The Bertz CT molecular complexity index is 635. The van der Waals surface area contributed by atoms with Crippen molar-refractivity contribution in [1.82, 2.24) is 0 Å². The maximum atomic E-state index is 11.7. The summed E-state index contributed by atoms with van der Waals surface area (Å²) in [5, 5.41) is 0.395. The minimum Gasteiger partial charge on any atom is -0.496 e. The van der Waals surface area contributed by atoms with Crippen molar-refractivity contribution in [2.24, 2.45) is 0 Å². The number of hydrogen-bond acceptors (Lipinski definition) is 3. The molecule has 0 saturated carbocycles. The second-order valence-electron chi connectivity index (χ2n) is 3.93. The van der Waals surface area contributed by atoms with Gasteiger partial charge in [-0.1, -0.05) is 41.9 Å². The predicted molar refractivity (Wildman–Crippen MR) is 79.1 cm³/mol. The molecule has 0 atom stereocenters. The van der Waals surface area contributed by atoms with Gasteiger partial charge in [0.1, 0.15) is 11.5 Å². The van der Waals surface area contributed by atoms with E-state index in [-0.39, 0.29) is 0 Å². The van der Waals surface area contributed by atoms with Gasteiger partial charge in [-0.3, -0.25) is 0 Å². The number of ether oxygens (including phenoxy) is 2. The Morgan fingerprint density at radius 3 is 2.40 bits per heavy atom. The van der Waals surface area contributed by atoms with E-state index in [2.05, 4.69) is 0 Å². The maximum absolute atomic E-state index is 11.7. The summed E-state index contributed by atoms with van der Waals surface area (Å²) >= 11 is 5.91. The molecule has 0 bridgehead atoms. The average molecular weight is 289 g/mol. The fraction of sp³-hybridized carbons (Fsp3) is 0.0625. The summed E-state index contributed by atoms with van der Waals surface area (Å²) in [6, 6.07) is 14.2. The summed E-state index contributed by atoms with van der Waals surface area (Å²) in [7, 11) is 1.58. The van der Waals surface area contributed by atoms with Crippen LogP contribution in [0.3, 0.4) is 0 Å². The Hall–Kier alpha value is -2.26. The van der Waals surface area contributed by atoms with E-state index >= 15 is 0 Å². The third-order valence-electron chi connectivity index (χ3n) is 2.59. The number of carbonyl (C=O) groups is 1. The minimum atomic E-state index is -0.496. The Morgan fingerprint density at radius 1 is 1.05 bits per heavy atom. The molecular formula is C16H13ClO3. The summed E-state index contributed by atoms with van der Waals surface area (Å²) in [5.74, 6) is 0.530. The molecule has 102 valence electrons. The summed E-state index contributed by atoms with van der Waals surface area (Å²) in [4.78, 5) is 11.7. The number of hydrogen-bond donors (Lipinski definition) is 0. The van der Waals surface area contributed by atoms with Crippen LogP contribution in [0.5, 0.6) is 11.5 Å². The van der Waals surface area contributed by atoms with Crippen LogP contribution in [0.4, 0.5) is 0 Å². The second kappa shape index (κ2) is 6.78. The molecule has 4 heteroatoms. The van der Waals surface area contributed by atoms with E-state index in [0.29, 0.717) is 16.5 Å². The van der Waals surface area contributed by atoms with Crippen molar-refractivity contribution in [3.63, 3.8) is 0 Å². The van der Waals surface area contributed by atoms with Gasteiger partial charge in [-0.05, 0) is 24.3 Å². The highest BCUT2D eigenvalue weighted by atomic mass is 35.5. The van der Waals surface area contributed by atoms with Gasteiger partial charge in [0, 0.05) is 11.6 Å². The SMILES string of the molecule is COc1ccccc1/C=C/C(=O)Oc1ccccc1Cl. The molecule has 0 saturated heterocycles. The molecule has 0 spiro atoms. The van der Waals surface area contributed by atoms with E-state index in [1.807, 2.05) is 24.3 Å². The van der Waals surface area contributed by atoms with E-state index < -0.39 is 5.97 Å². The van der Waals surface area contributed by atoms with Crippen LogP contribution in [0, 0.1) is 0 Å². The van der Waals surface area contributed by atoms with E-state index in [1.54, 1.807) is 37.5 Å². The number of methoxy groups -OCH3 is 1. The Morgan fingerprint density at radius 2 is 1.70 bits per heavy atom. The second-order valence-corrected chi connectivity index (χ2v) is 4.33. The molecule has 2 aromatic carbocycles. The van der Waals surface area contributed by atoms with Crippen LogP contribution in [0.25, 0.3) is 6.08 Å². The fourth-order valence-corrected chi connectivity index (χ4v) is 1.81. The molecule has 0 aliphatic heterocycles. The van der Waals surface area contributed by atoms with Crippen molar-refractivity contribution < 1.29 is 14.3 Å². The highest BCUT2D eigenvalue weighted by molar-refractivity contribution is 6.32. The largest absolute Gasteiger partial charge is 0.496 e. The highest BCUT2D eigenvalue weighted by Gasteiger charge is 2.05. The lowest BCUT2D eigenvalue weighted by atomic mass is 10.2. The number of esters is 1. The molecule has 0 radical (unpaired) electrons. The van der Waals surface area contributed by atoms with Crippen molar-refractivity contribution in [2.75, 3.05) is 7.11 Å². The van der Waals surface area contributed by atoms with Crippen LogP contribution in [-0.4, -0.2) is 13.1 Å². The number of halogens is 1. The van der Waals surface area contributed by atoms with E-state index in [9.17, 15) is 4.79 Å². The topological polar surface area (TPSA) is 35.5 Å². The van der Waals surface area contributed by atoms with Crippen molar-refractivity contribution in [3.8, 4) is 11.5 Å². The third kappa shape index (κ3) is 3.62. The van der Waals surface area contributed by atoms with Gasteiger partial charge in [-0.25, -0.2) is 4.79 Å². The Labute approximate surface area is 122 Å². The lowest BCUT2D eigenvalue weighted by Crippen LogP contribution is -2.04. The average Bonchev–Trinajstić information content (AvgIpc) is 2.48. The highest BCUT2D eigenvalue weighted by Crippen LogP contribution is 2.23. The van der Waals surface area contributed by atoms with Gasteiger partial charge in [-0.2, -0.15) is 0 Å².